The number of hydrogen-bond donors (Lipinski definition) is 0. The van der Waals surface area contributed by atoms with E-state index in [-0.39, 0.29) is 7.56 Å². The minimum absolute atomic E-state index is 0.0510. The maximum Gasteiger partial charge on any atom is 0.0983 e. The van der Waals surface area contributed by atoms with E-state index in [1.165, 1.54) is 0 Å². The van der Waals surface area contributed by atoms with Gasteiger partial charge < -0.3 is 0 Å². The third-order valence-electron chi connectivity index (χ3n) is 2.74. The van der Waals surface area contributed by atoms with Crippen LogP contribution in [0.2, 0.25) is 0 Å². The first-order chi connectivity index (χ1) is 7.49. The van der Waals surface area contributed by atoms with E-state index in [1.54, 1.807) is 0 Å². The molecule has 1 nitrogen and oxygen atoms in total. The molecular weight excluding hydrogens is 418 g/mol. The number of rotatable bonds is 4. The molecule has 5 heteroatoms. The number of hydrogen-bond acceptors (Lipinski definition) is 2. The summed E-state index contributed by atoms with van der Waals surface area (Å²) in [6, 6.07) is 6.05. The van der Waals surface area contributed by atoms with Crippen LogP contribution >= 0.6 is 59.6 Å². The molecule has 1 fully saturated rings. The van der Waals surface area contributed by atoms with Gasteiger partial charge in [0.2, 0.25) is 0 Å². The van der Waals surface area contributed by atoms with E-state index in [0.29, 0.717) is 5.25 Å². The van der Waals surface area contributed by atoms with Gasteiger partial charge in [-0.25, -0.2) is 4.98 Å². The number of nitrogens with zero attached hydrogens (tertiary/aromatic N) is 1. The van der Waals surface area contributed by atoms with Crippen molar-refractivity contribution in [1.29, 1.82) is 0 Å². The van der Waals surface area contributed by atoms with Gasteiger partial charge in [0.05, 0.1) is 12.6 Å². The summed E-state index contributed by atoms with van der Waals surface area (Å²) in [6.45, 7) is 2.22. The third kappa shape index (κ3) is 2.52. The molecule has 1 aromatic heterocycles. The summed E-state index contributed by atoms with van der Waals surface area (Å²) in [7, 11) is 0. The molecule has 0 radical (unpaired) electrons. The highest BCUT2D eigenvalue weighted by atomic mass is 79.9. The van der Waals surface area contributed by atoms with Crippen molar-refractivity contribution < 1.29 is 0 Å². The Morgan fingerprint density at radius 2 is 2.12 bits per heavy atom. The van der Waals surface area contributed by atoms with Gasteiger partial charge in [-0.05, 0) is 25.0 Å². The first-order valence-electron chi connectivity index (χ1n) is 5.14. The Morgan fingerprint density at radius 3 is 2.56 bits per heavy atom. The molecule has 0 aromatic carbocycles. The maximum atomic E-state index is 4.37. The highest BCUT2D eigenvalue weighted by molar-refractivity contribution is 9.26. The van der Waals surface area contributed by atoms with Crippen LogP contribution in [-0.2, 0) is 0 Å². The van der Waals surface area contributed by atoms with Crippen LogP contribution in [0.4, 0.5) is 0 Å². The smallest absolute Gasteiger partial charge is 0.0983 e. The average Bonchev–Trinajstić information content (AvgIpc) is 2.77. The summed E-state index contributed by atoms with van der Waals surface area (Å²) < 4.78 is 0.187. The minimum atomic E-state index is 0.0510. The molecule has 1 aromatic rings. The van der Waals surface area contributed by atoms with Crippen molar-refractivity contribution in [2.45, 2.75) is 37.6 Å². The molecule has 88 valence electrons. The quantitative estimate of drug-likeness (QED) is 0.494. The van der Waals surface area contributed by atoms with E-state index in [9.17, 15) is 0 Å². The molecule has 0 bridgehead atoms. The molecule has 1 aliphatic rings. The van der Waals surface area contributed by atoms with Crippen LogP contribution in [0.25, 0.3) is 0 Å². The second kappa shape index (κ2) is 4.90. The largest absolute Gasteiger partial charge is 0.250 e. The molecule has 0 saturated heterocycles. The fourth-order valence-corrected chi connectivity index (χ4v) is 6.42. The molecule has 2 atom stereocenters. The fourth-order valence-electron chi connectivity index (χ4n) is 1.69. The maximum absolute atomic E-state index is 4.37. The van der Waals surface area contributed by atoms with Crippen molar-refractivity contribution in [2.24, 2.45) is 0 Å². The Kier molecular flexibility index (Phi) is 4.10. The lowest BCUT2D eigenvalue weighted by molar-refractivity contribution is 0.777. The lowest BCUT2D eigenvalue weighted by Crippen LogP contribution is -2.23. The second-order valence-electron chi connectivity index (χ2n) is 3.93. The van der Waals surface area contributed by atoms with Crippen molar-refractivity contribution in [3.63, 3.8) is 0 Å². The van der Waals surface area contributed by atoms with E-state index in [1.807, 2.05) is 30.1 Å². The van der Waals surface area contributed by atoms with Crippen molar-refractivity contribution >= 4 is 59.6 Å². The van der Waals surface area contributed by atoms with E-state index < -0.39 is 0 Å². The van der Waals surface area contributed by atoms with Gasteiger partial charge >= 0.3 is 0 Å². The molecule has 1 saturated carbocycles. The predicted octanol–water partition coefficient (Wildman–Crippen LogP) is 4.98. The highest BCUT2D eigenvalue weighted by Crippen LogP contribution is 2.69. The number of alkyl halides is 3. The average molecular weight is 430 g/mol. The van der Waals surface area contributed by atoms with E-state index in [0.717, 1.165) is 17.9 Å². The van der Waals surface area contributed by atoms with Gasteiger partial charge in [0, 0.05) is 11.4 Å². The highest BCUT2D eigenvalue weighted by Gasteiger charge is 2.67. The van der Waals surface area contributed by atoms with Gasteiger partial charge in [-0.3, -0.25) is 0 Å². The fraction of sp³-hybridized carbons (Fsp3) is 0.545. The molecule has 2 rings (SSSR count). The van der Waals surface area contributed by atoms with Crippen molar-refractivity contribution in [1.82, 2.24) is 4.98 Å². The number of aromatic nitrogens is 1. The molecule has 2 unspecified atom stereocenters. The van der Waals surface area contributed by atoms with Gasteiger partial charge in [-0.15, -0.1) is 11.8 Å². The molecule has 0 aliphatic heterocycles. The number of thioether (sulfide) groups is 1. The topological polar surface area (TPSA) is 12.9 Å². The van der Waals surface area contributed by atoms with Gasteiger partial charge in [-0.1, -0.05) is 60.8 Å². The van der Waals surface area contributed by atoms with Crippen LogP contribution in [-0.4, -0.2) is 17.8 Å². The van der Waals surface area contributed by atoms with E-state index >= 15 is 0 Å². The van der Waals surface area contributed by atoms with Crippen LogP contribution in [0.1, 0.15) is 19.8 Å². The Bertz CT molecular complexity index is 371. The Labute approximate surface area is 126 Å². The summed E-state index contributed by atoms with van der Waals surface area (Å²) in [5.41, 5.74) is 0. The van der Waals surface area contributed by atoms with Crippen LogP contribution in [0.15, 0.2) is 29.4 Å². The monoisotopic (exact) mass is 427 g/mol. The zero-order chi connectivity index (χ0) is 11.8. The Morgan fingerprint density at radius 1 is 1.44 bits per heavy atom. The SMILES string of the molecule is CCC(Sc1ccccn1)C1(Br)CC1(Br)Br. The van der Waals surface area contributed by atoms with Gasteiger partial charge in [-0.2, -0.15) is 0 Å². The molecule has 0 amide bonds. The van der Waals surface area contributed by atoms with Crippen LogP contribution < -0.4 is 0 Å². The zero-order valence-electron chi connectivity index (χ0n) is 8.79. The number of halogens is 3. The summed E-state index contributed by atoms with van der Waals surface area (Å²) in [4.78, 5) is 4.37. The minimum Gasteiger partial charge on any atom is -0.250 e. The molecule has 16 heavy (non-hydrogen) atoms. The van der Waals surface area contributed by atoms with Crippen molar-refractivity contribution in [3.8, 4) is 0 Å². The Hall–Kier alpha value is 0.940. The zero-order valence-corrected chi connectivity index (χ0v) is 14.4. The first kappa shape index (κ1) is 13.4. The van der Waals surface area contributed by atoms with E-state index in [2.05, 4.69) is 65.8 Å². The normalized spacial score (nSPS) is 28.8. The second-order valence-corrected chi connectivity index (χ2v) is 10.3. The van der Waals surface area contributed by atoms with E-state index in [4.69, 9.17) is 0 Å². The first-order valence-corrected chi connectivity index (χ1v) is 8.40. The van der Waals surface area contributed by atoms with Crippen LogP contribution in [0.5, 0.6) is 0 Å². The lowest BCUT2D eigenvalue weighted by atomic mass is 10.2. The summed E-state index contributed by atoms with van der Waals surface area (Å²) in [5.74, 6) is 0. The predicted molar refractivity (Wildman–Crippen MR) is 81.0 cm³/mol. The van der Waals surface area contributed by atoms with Gasteiger partial charge in [0.1, 0.15) is 0 Å². The van der Waals surface area contributed by atoms with Crippen LogP contribution in [0.3, 0.4) is 0 Å². The molecule has 0 N–H and O–H groups in total. The summed E-state index contributed by atoms with van der Waals surface area (Å²) in [5, 5.41) is 1.61. The molecule has 1 aliphatic carbocycles. The molecule has 0 spiro atoms. The standard InChI is InChI=1S/C11H12Br3NS/c1-2-8(10(12)7-11(10,13)14)16-9-5-3-4-6-15-9/h3-6,8H,2,7H2,1H3. The van der Waals surface area contributed by atoms with Crippen LogP contribution in [0, 0.1) is 0 Å². The van der Waals surface area contributed by atoms with Crippen molar-refractivity contribution in [3.05, 3.63) is 24.4 Å². The Balaban J connectivity index is 2.09. The molecular formula is C11H12Br3NS. The van der Waals surface area contributed by atoms with Crippen molar-refractivity contribution in [2.75, 3.05) is 0 Å². The summed E-state index contributed by atoms with van der Waals surface area (Å²) >= 11 is 13.1. The molecule has 1 heterocycles. The number of pyridine rings is 1. The van der Waals surface area contributed by atoms with Gasteiger partial charge in [0.15, 0.2) is 0 Å². The van der Waals surface area contributed by atoms with Gasteiger partial charge in [0.25, 0.3) is 0 Å². The lowest BCUT2D eigenvalue weighted by Gasteiger charge is -2.21. The third-order valence-corrected chi connectivity index (χ3v) is 9.10. The summed E-state index contributed by atoms with van der Waals surface area (Å²) in [6.07, 6.45) is 4.06.